The predicted octanol–water partition coefficient (Wildman–Crippen LogP) is 3.07. The van der Waals surface area contributed by atoms with Gasteiger partial charge in [-0.15, -0.1) is 0 Å². The third-order valence-electron chi connectivity index (χ3n) is 2.78. The van der Waals surface area contributed by atoms with Crippen LogP contribution in [0.4, 0.5) is 11.9 Å². The Morgan fingerprint density at radius 1 is 1.10 bits per heavy atom. The van der Waals surface area contributed by atoms with Gasteiger partial charge in [0.1, 0.15) is 0 Å². The van der Waals surface area contributed by atoms with E-state index in [-0.39, 0.29) is 0 Å². The summed E-state index contributed by atoms with van der Waals surface area (Å²) in [4.78, 5) is 12.9. The molecule has 0 aliphatic carbocycles. The Labute approximate surface area is 129 Å². The van der Waals surface area contributed by atoms with E-state index in [0.717, 1.165) is 13.0 Å². The van der Waals surface area contributed by atoms with Crippen molar-refractivity contribution in [2.24, 2.45) is 0 Å². The van der Waals surface area contributed by atoms with Gasteiger partial charge in [-0.25, -0.2) is 0 Å². The fourth-order valence-corrected chi connectivity index (χ4v) is 2.53. The highest BCUT2D eigenvalue weighted by Crippen LogP contribution is 2.16. The average Bonchev–Trinajstić information content (AvgIpc) is 2.88. The van der Waals surface area contributed by atoms with Crippen molar-refractivity contribution in [2.75, 3.05) is 23.8 Å². The van der Waals surface area contributed by atoms with Gasteiger partial charge in [0.25, 0.3) is 0 Å². The van der Waals surface area contributed by atoms with E-state index >= 15 is 0 Å². The van der Waals surface area contributed by atoms with Gasteiger partial charge in [0.2, 0.25) is 11.9 Å². The molecule has 0 aromatic carbocycles. The molecular weight excluding hydrogens is 286 g/mol. The maximum atomic E-state index is 5.50. The number of anilines is 2. The van der Waals surface area contributed by atoms with Gasteiger partial charge in [-0.05, 0) is 42.2 Å². The molecule has 0 amide bonds. The van der Waals surface area contributed by atoms with Crippen LogP contribution in [0.15, 0.2) is 10.8 Å². The Bertz CT molecular complexity index is 572. The lowest BCUT2D eigenvalue weighted by atomic mass is 10.2. The van der Waals surface area contributed by atoms with Crippen molar-refractivity contribution in [2.45, 2.75) is 33.7 Å². The van der Waals surface area contributed by atoms with Crippen LogP contribution in [0.25, 0.3) is 0 Å². The lowest BCUT2D eigenvalue weighted by molar-refractivity contribution is 0.292. The largest absolute Gasteiger partial charge is 0.463 e. The van der Waals surface area contributed by atoms with Crippen LogP contribution < -0.4 is 15.4 Å². The smallest absolute Gasteiger partial charge is 0.323 e. The molecule has 6 nitrogen and oxygen atoms in total. The number of nitrogens with one attached hydrogen (secondary N) is 2. The second-order valence-corrected chi connectivity index (χ2v) is 5.32. The first kappa shape index (κ1) is 15.5. The number of hydrogen-bond donors (Lipinski definition) is 2. The van der Waals surface area contributed by atoms with E-state index in [1.165, 1.54) is 11.1 Å². The van der Waals surface area contributed by atoms with Gasteiger partial charge in [-0.2, -0.15) is 26.3 Å². The van der Waals surface area contributed by atoms with Crippen LogP contribution >= 0.6 is 11.3 Å². The average molecular weight is 307 g/mol. The molecule has 0 saturated heterocycles. The molecule has 0 aliphatic rings. The number of nitrogens with zero attached hydrogens (tertiary/aromatic N) is 3. The lowest BCUT2D eigenvalue weighted by Gasteiger charge is -2.09. The van der Waals surface area contributed by atoms with Crippen molar-refractivity contribution < 1.29 is 4.74 Å². The molecule has 0 radical (unpaired) electrons. The summed E-state index contributed by atoms with van der Waals surface area (Å²) < 4.78 is 5.50. The Balaban J connectivity index is 2.09. The fraction of sp³-hybridized carbons (Fsp3) is 0.500. The van der Waals surface area contributed by atoms with Crippen LogP contribution in [0.2, 0.25) is 0 Å². The van der Waals surface area contributed by atoms with Gasteiger partial charge in [-0.1, -0.05) is 6.92 Å². The van der Waals surface area contributed by atoms with E-state index in [9.17, 15) is 0 Å². The standard InChI is InChI=1S/C14H21N5OS/c1-4-6-20-14-18-12(15-5-2)17-13(19-14)16-7-11-9-21-8-10(11)3/h8-9H,4-7H2,1-3H3,(H2,15,16,17,18,19). The summed E-state index contributed by atoms with van der Waals surface area (Å²) in [6, 6.07) is 0.354. The van der Waals surface area contributed by atoms with Gasteiger partial charge < -0.3 is 15.4 Å². The number of aryl methyl sites for hydroxylation is 1. The van der Waals surface area contributed by atoms with Crippen molar-refractivity contribution in [3.8, 4) is 6.01 Å². The summed E-state index contributed by atoms with van der Waals surface area (Å²) in [5, 5.41) is 10.6. The van der Waals surface area contributed by atoms with Gasteiger partial charge in [0, 0.05) is 13.1 Å². The van der Waals surface area contributed by atoms with Gasteiger partial charge in [0.05, 0.1) is 6.61 Å². The molecular formula is C14H21N5OS. The van der Waals surface area contributed by atoms with E-state index in [4.69, 9.17) is 4.74 Å². The van der Waals surface area contributed by atoms with Crippen molar-refractivity contribution in [1.82, 2.24) is 15.0 Å². The first-order chi connectivity index (χ1) is 10.2. The molecule has 21 heavy (non-hydrogen) atoms. The zero-order chi connectivity index (χ0) is 15.1. The van der Waals surface area contributed by atoms with E-state index in [1.807, 2.05) is 13.8 Å². The topological polar surface area (TPSA) is 72.0 Å². The van der Waals surface area contributed by atoms with Gasteiger partial charge in [0.15, 0.2) is 0 Å². The normalized spacial score (nSPS) is 10.4. The van der Waals surface area contributed by atoms with Crippen LogP contribution in [0.3, 0.4) is 0 Å². The maximum Gasteiger partial charge on any atom is 0.323 e. The Kier molecular flexibility index (Phi) is 5.74. The van der Waals surface area contributed by atoms with Gasteiger partial charge >= 0.3 is 6.01 Å². The van der Waals surface area contributed by atoms with E-state index in [0.29, 0.717) is 31.1 Å². The lowest BCUT2D eigenvalue weighted by Crippen LogP contribution is -2.11. The van der Waals surface area contributed by atoms with E-state index < -0.39 is 0 Å². The molecule has 0 bridgehead atoms. The number of hydrogen-bond acceptors (Lipinski definition) is 7. The number of ether oxygens (including phenoxy) is 1. The van der Waals surface area contributed by atoms with Crippen molar-refractivity contribution in [3.05, 3.63) is 21.9 Å². The highest BCUT2D eigenvalue weighted by molar-refractivity contribution is 7.08. The quantitative estimate of drug-likeness (QED) is 0.781. The maximum absolute atomic E-state index is 5.50. The summed E-state index contributed by atoms with van der Waals surface area (Å²) in [5.41, 5.74) is 2.53. The van der Waals surface area contributed by atoms with Crippen molar-refractivity contribution in [1.29, 1.82) is 0 Å². The molecule has 0 aliphatic heterocycles. The Morgan fingerprint density at radius 2 is 1.86 bits per heavy atom. The Hall–Kier alpha value is -1.89. The predicted molar refractivity (Wildman–Crippen MR) is 86.2 cm³/mol. The molecule has 2 rings (SSSR count). The molecule has 2 heterocycles. The second kappa shape index (κ2) is 7.78. The summed E-state index contributed by atoms with van der Waals surface area (Å²) in [5.74, 6) is 1.06. The number of rotatable bonds is 8. The third-order valence-corrected chi connectivity index (χ3v) is 3.69. The molecule has 7 heteroatoms. The van der Waals surface area contributed by atoms with E-state index in [1.54, 1.807) is 11.3 Å². The molecule has 0 fully saturated rings. The molecule has 0 unspecified atom stereocenters. The first-order valence-electron chi connectivity index (χ1n) is 7.11. The minimum absolute atomic E-state index is 0.354. The van der Waals surface area contributed by atoms with Crippen molar-refractivity contribution in [3.63, 3.8) is 0 Å². The minimum atomic E-state index is 0.354. The Morgan fingerprint density at radius 3 is 2.48 bits per heavy atom. The number of thiophene rings is 1. The molecule has 2 aromatic heterocycles. The first-order valence-corrected chi connectivity index (χ1v) is 8.05. The zero-order valence-corrected chi connectivity index (χ0v) is 13.5. The van der Waals surface area contributed by atoms with Crippen LogP contribution in [0.1, 0.15) is 31.4 Å². The minimum Gasteiger partial charge on any atom is -0.463 e. The van der Waals surface area contributed by atoms with Crippen LogP contribution in [0.5, 0.6) is 6.01 Å². The molecule has 0 atom stereocenters. The molecule has 2 aromatic rings. The highest BCUT2D eigenvalue weighted by atomic mass is 32.1. The summed E-state index contributed by atoms with van der Waals surface area (Å²) >= 11 is 1.70. The van der Waals surface area contributed by atoms with Crippen LogP contribution in [0, 0.1) is 6.92 Å². The van der Waals surface area contributed by atoms with Gasteiger partial charge in [-0.3, -0.25) is 0 Å². The fourth-order valence-electron chi connectivity index (χ4n) is 1.67. The molecule has 2 N–H and O–H groups in total. The second-order valence-electron chi connectivity index (χ2n) is 4.58. The summed E-state index contributed by atoms with van der Waals surface area (Å²) in [6.45, 7) is 8.18. The van der Waals surface area contributed by atoms with Crippen LogP contribution in [-0.4, -0.2) is 28.1 Å². The van der Waals surface area contributed by atoms with Crippen molar-refractivity contribution >= 4 is 23.2 Å². The number of aromatic nitrogens is 3. The highest BCUT2D eigenvalue weighted by Gasteiger charge is 2.07. The third kappa shape index (κ3) is 4.56. The monoisotopic (exact) mass is 307 g/mol. The zero-order valence-electron chi connectivity index (χ0n) is 12.6. The molecule has 0 saturated carbocycles. The van der Waals surface area contributed by atoms with E-state index in [2.05, 4.69) is 43.3 Å². The molecule has 114 valence electrons. The summed E-state index contributed by atoms with van der Waals surface area (Å²) in [6.07, 6.45) is 0.916. The molecule has 0 spiro atoms. The SMILES string of the molecule is CCCOc1nc(NCC)nc(NCc2cscc2C)n1. The summed E-state index contributed by atoms with van der Waals surface area (Å²) in [7, 11) is 0. The van der Waals surface area contributed by atoms with Crippen LogP contribution in [-0.2, 0) is 6.54 Å².